The number of carbonyl (C=O) groups excluding carboxylic acids is 1. The maximum atomic E-state index is 11.9. The molecule has 188 valence electrons. The van der Waals surface area contributed by atoms with Crippen molar-refractivity contribution in [3.05, 3.63) is 60.0 Å². The van der Waals surface area contributed by atoms with Crippen molar-refractivity contribution in [3.63, 3.8) is 0 Å². The van der Waals surface area contributed by atoms with Gasteiger partial charge in [-0.15, -0.1) is 0 Å². The van der Waals surface area contributed by atoms with Gasteiger partial charge >= 0.3 is 0 Å². The average molecular weight is 499 g/mol. The maximum absolute atomic E-state index is 11.9. The van der Waals surface area contributed by atoms with E-state index in [2.05, 4.69) is 37.8 Å². The fourth-order valence-corrected chi connectivity index (χ4v) is 3.47. The van der Waals surface area contributed by atoms with Crippen LogP contribution < -0.4 is 20.7 Å². The van der Waals surface area contributed by atoms with Crippen molar-refractivity contribution in [2.75, 3.05) is 51.6 Å². The number of hydrogen-bond acceptors (Lipinski definition) is 8. The summed E-state index contributed by atoms with van der Waals surface area (Å²) in [4.78, 5) is 25.1. The summed E-state index contributed by atoms with van der Waals surface area (Å²) in [6, 6.07) is 11.3. The third-order valence-corrected chi connectivity index (χ3v) is 5.40. The quantitative estimate of drug-likeness (QED) is 0.324. The monoisotopic (exact) mass is 498 g/mol. The predicted octanol–water partition coefficient (Wildman–Crippen LogP) is 3.68. The largest absolute Gasteiger partial charge is 0.496 e. The third kappa shape index (κ3) is 7.83. The van der Waals surface area contributed by atoms with Crippen LogP contribution in [0.1, 0.15) is 35.2 Å². The van der Waals surface area contributed by atoms with E-state index in [-0.39, 0.29) is 25.3 Å². The first kappa shape index (κ1) is 27.9. The van der Waals surface area contributed by atoms with Gasteiger partial charge in [-0.05, 0) is 36.2 Å². The van der Waals surface area contributed by atoms with E-state index < -0.39 is 0 Å². The molecule has 0 aliphatic rings. The molecule has 2 aromatic heterocycles. The molecule has 0 radical (unpaired) electrons. The Morgan fingerprint density at radius 3 is 2.54 bits per heavy atom. The van der Waals surface area contributed by atoms with E-state index >= 15 is 0 Å². The number of amides is 1. The molecule has 1 aromatic carbocycles. The molecule has 0 spiro atoms. The van der Waals surface area contributed by atoms with Gasteiger partial charge in [0, 0.05) is 63.2 Å². The Balaban J connectivity index is 0.00000432. The van der Waals surface area contributed by atoms with Gasteiger partial charge < -0.3 is 25.4 Å². The first-order valence-electron chi connectivity index (χ1n) is 11.2. The van der Waals surface area contributed by atoms with E-state index in [0.717, 1.165) is 41.4 Å². The molecule has 0 saturated heterocycles. The molecular formula is C25H34N6O3S. The highest BCUT2D eigenvalue weighted by molar-refractivity contribution is 7.59. The molecule has 1 amide bonds. The van der Waals surface area contributed by atoms with Crippen molar-refractivity contribution < 1.29 is 14.3 Å². The second-order valence-electron chi connectivity index (χ2n) is 7.81. The highest BCUT2D eigenvalue weighted by Crippen LogP contribution is 2.28. The van der Waals surface area contributed by atoms with Crippen LogP contribution in [0.15, 0.2) is 48.9 Å². The van der Waals surface area contributed by atoms with E-state index in [1.807, 2.05) is 24.3 Å². The van der Waals surface area contributed by atoms with Crippen molar-refractivity contribution in [2.24, 2.45) is 0 Å². The van der Waals surface area contributed by atoms with Gasteiger partial charge in [-0.25, -0.2) is 15.0 Å². The number of aromatic nitrogens is 3. The van der Waals surface area contributed by atoms with Crippen LogP contribution in [0.2, 0.25) is 0 Å². The third-order valence-electron chi connectivity index (χ3n) is 5.40. The first-order chi connectivity index (χ1) is 16.5. The summed E-state index contributed by atoms with van der Waals surface area (Å²) in [5.41, 5.74) is 3.27. The van der Waals surface area contributed by atoms with Crippen LogP contribution in [0.5, 0.6) is 5.75 Å². The number of hydrogen-bond donors (Lipinski definition) is 3. The summed E-state index contributed by atoms with van der Waals surface area (Å²) in [5.74, 6) is 2.20. The van der Waals surface area contributed by atoms with E-state index in [9.17, 15) is 4.79 Å². The molecule has 2 heterocycles. The molecule has 9 nitrogen and oxygen atoms in total. The van der Waals surface area contributed by atoms with Gasteiger partial charge in [0.1, 0.15) is 23.7 Å². The number of pyridine rings is 1. The zero-order valence-corrected chi connectivity index (χ0v) is 21.6. The second kappa shape index (κ2) is 14.1. The zero-order valence-electron chi connectivity index (χ0n) is 20.6. The molecule has 3 N–H and O–H groups in total. The lowest BCUT2D eigenvalue weighted by molar-refractivity contribution is 0.0962. The van der Waals surface area contributed by atoms with Crippen molar-refractivity contribution >= 4 is 31.0 Å². The van der Waals surface area contributed by atoms with Crippen LogP contribution in [0, 0.1) is 0 Å². The lowest BCUT2D eigenvalue weighted by Gasteiger charge is -2.17. The molecule has 0 fully saturated rings. The fourth-order valence-electron chi connectivity index (χ4n) is 3.47. The van der Waals surface area contributed by atoms with Crippen LogP contribution in [0.25, 0.3) is 11.3 Å². The average Bonchev–Trinajstić information content (AvgIpc) is 2.89. The topological polar surface area (TPSA) is 110 Å². The molecule has 0 bridgehead atoms. The van der Waals surface area contributed by atoms with Gasteiger partial charge in [0.05, 0.1) is 12.8 Å². The number of ether oxygens (including phenoxy) is 2. The minimum absolute atomic E-state index is 0. The standard InChI is InChI=1S/C25H32N6O3.H2S/c1-17(20-8-6-18(25(32)26-2)12-22(20)34-4)14-28-24-13-21(30-16-31-24)19-7-9-23(29-15-19)27-10-5-11-33-3;/h6-9,12-13,15-17H,5,10-11,14H2,1-4H3,(H,26,32)(H,27,29)(H,28,30,31);1H2/t17-;/m1./s1. The molecule has 0 aliphatic heterocycles. The molecule has 10 heteroatoms. The number of methoxy groups -OCH3 is 2. The smallest absolute Gasteiger partial charge is 0.251 e. The first-order valence-corrected chi connectivity index (χ1v) is 11.2. The minimum Gasteiger partial charge on any atom is -0.496 e. The molecule has 0 aliphatic carbocycles. The van der Waals surface area contributed by atoms with E-state index in [1.54, 1.807) is 39.6 Å². The SMILES string of the molecule is CNC(=O)c1ccc([C@H](C)CNc2cc(-c3ccc(NCCCOC)nc3)ncn2)c(OC)c1.S. The Morgan fingerprint density at radius 1 is 1.03 bits per heavy atom. The molecular weight excluding hydrogens is 464 g/mol. The molecule has 35 heavy (non-hydrogen) atoms. The highest BCUT2D eigenvalue weighted by Gasteiger charge is 2.15. The Morgan fingerprint density at radius 2 is 1.86 bits per heavy atom. The minimum atomic E-state index is -0.145. The number of benzene rings is 1. The van der Waals surface area contributed by atoms with Crippen molar-refractivity contribution in [1.29, 1.82) is 0 Å². The van der Waals surface area contributed by atoms with Crippen molar-refractivity contribution in [3.8, 4) is 17.0 Å². The fraction of sp³-hybridized carbons (Fsp3) is 0.360. The van der Waals surface area contributed by atoms with Gasteiger partial charge in [-0.2, -0.15) is 13.5 Å². The molecule has 3 rings (SSSR count). The summed E-state index contributed by atoms with van der Waals surface area (Å²) in [6.07, 6.45) is 4.26. The van der Waals surface area contributed by atoms with Gasteiger partial charge in [0.15, 0.2) is 0 Å². The number of anilines is 2. The van der Waals surface area contributed by atoms with Crippen LogP contribution in [0.3, 0.4) is 0 Å². The number of carbonyl (C=O) groups is 1. The summed E-state index contributed by atoms with van der Waals surface area (Å²) in [6.45, 7) is 4.25. The highest BCUT2D eigenvalue weighted by atomic mass is 32.1. The lowest BCUT2D eigenvalue weighted by Crippen LogP contribution is -2.18. The van der Waals surface area contributed by atoms with Crippen molar-refractivity contribution in [1.82, 2.24) is 20.3 Å². The van der Waals surface area contributed by atoms with Gasteiger partial charge in [-0.3, -0.25) is 4.79 Å². The summed E-state index contributed by atoms with van der Waals surface area (Å²) >= 11 is 0. The van der Waals surface area contributed by atoms with Gasteiger partial charge in [-0.1, -0.05) is 13.0 Å². The summed E-state index contributed by atoms with van der Waals surface area (Å²) < 4.78 is 10.6. The number of nitrogens with zero attached hydrogens (tertiary/aromatic N) is 3. The van der Waals surface area contributed by atoms with Crippen LogP contribution in [-0.4, -0.2) is 61.8 Å². The normalized spacial score (nSPS) is 11.2. The molecule has 3 aromatic rings. The molecule has 0 unspecified atom stereocenters. The van der Waals surface area contributed by atoms with Crippen LogP contribution in [0.4, 0.5) is 11.6 Å². The summed E-state index contributed by atoms with van der Waals surface area (Å²) in [7, 11) is 4.91. The van der Waals surface area contributed by atoms with E-state index in [4.69, 9.17) is 9.47 Å². The second-order valence-corrected chi connectivity index (χ2v) is 7.81. The maximum Gasteiger partial charge on any atom is 0.251 e. The Labute approximate surface area is 213 Å². The zero-order chi connectivity index (χ0) is 24.3. The molecule has 1 atom stereocenters. The Kier molecular flexibility index (Phi) is 11.2. The van der Waals surface area contributed by atoms with Crippen LogP contribution in [-0.2, 0) is 4.74 Å². The lowest BCUT2D eigenvalue weighted by atomic mass is 9.98. The molecule has 0 saturated carbocycles. The van der Waals surface area contributed by atoms with Gasteiger partial charge in [0.2, 0.25) is 0 Å². The van der Waals surface area contributed by atoms with E-state index in [0.29, 0.717) is 24.5 Å². The van der Waals surface area contributed by atoms with Crippen LogP contribution >= 0.6 is 13.5 Å². The number of rotatable bonds is 12. The van der Waals surface area contributed by atoms with Crippen molar-refractivity contribution in [2.45, 2.75) is 19.3 Å². The Bertz CT molecular complexity index is 1080. The summed E-state index contributed by atoms with van der Waals surface area (Å²) in [5, 5.41) is 9.27. The Hall–Kier alpha value is -3.37. The number of nitrogens with one attached hydrogen (secondary N) is 3. The van der Waals surface area contributed by atoms with E-state index in [1.165, 1.54) is 6.33 Å². The predicted molar refractivity (Wildman–Crippen MR) is 144 cm³/mol. The van der Waals surface area contributed by atoms with Gasteiger partial charge in [0.25, 0.3) is 5.91 Å².